The number of halogens is 1. The Bertz CT molecular complexity index is 8.04. The second kappa shape index (κ2) is 374. The van der Waals surface area contributed by atoms with Crippen molar-refractivity contribution in [3.63, 3.8) is 0 Å². The Labute approximate surface area is 56.0 Å². The van der Waals surface area contributed by atoms with Gasteiger partial charge in [-0.05, 0) is 0 Å². The van der Waals surface area contributed by atoms with Crippen molar-refractivity contribution in [2.75, 3.05) is 0 Å². The number of hydrogen-bond donors (Lipinski definition) is 0. The minimum atomic E-state index is 0. The van der Waals surface area contributed by atoms with E-state index in [9.17, 15) is 0 Å². The van der Waals surface area contributed by atoms with Crippen LogP contribution in [0.15, 0.2) is 0 Å². The third kappa shape index (κ3) is 255. The van der Waals surface area contributed by atoms with E-state index < -0.39 is 0 Å². The molecule has 7 heavy (non-hydrogen) atoms. The molecule has 10 N–H and O–H groups in total. The molecule has 0 amide bonds. The molecular weight excluding hydrogens is 211 g/mol. The van der Waals surface area contributed by atoms with Crippen LogP contribution in [0, 0.1) is 0 Å². The van der Waals surface area contributed by atoms with Crippen molar-refractivity contribution in [1.29, 1.82) is 0 Å². The van der Waals surface area contributed by atoms with E-state index in [0.29, 0.717) is 0 Å². The van der Waals surface area contributed by atoms with Gasteiger partial charge in [0.15, 0.2) is 0 Å². The number of rotatable bonds is 0. The summed E-state index contributed by atoms with van der Waals surface area (Å²) in [6, 6.07) is 0. The summed E-state index contributed by atoms with van der Waals surface area (Å²) in [5, 5.41) is 0. The van der Waals surface area contributed by atoms with Crippen LogP contribution in [-0.2, 0) is 18.8 Å². The fraction of sp³-hybridized carbons (Fsp3) is 0. The summed E-state index contributed by atoms with van der Waals surface area (Å²) in [5.41, 5.74) is 0. The molecule has 0 aromatic heterocycles. The average Bonchev–Trinajstić information content (AvgIpc) is 1.00. The molecule has 0 aliphatic rings. The Kier molecular flexibility index (Phi) is 6030. The predicted molar refractivity (Wildman–Crippen MR) is 23.9 cm³/mol. The van der Waals surface area contributed by atoms with E-state index in [0.717, 1.165) is 0 Å². The molecule has 0 bridgehead atoms. The molecule has 7 heteroatoms. The van der Waals surface area contributed by atoms with Gasteiger partial charge in [-0.25, -0.2) is 0 Å². The van der Waals surface area contributed by atoms with Gasteiger partial charge in [-0.15, -0.1) is 0 Å². The first-order chi connectivity index (χ1) is 1.00. The van der Waals surface area contributed by atoms with Gasteiger partial charge in [-0.2, -0.15) is 0 Å². The molecule has 0 saturated heterocycles. The van der Waals surface area contributed by atoms with Crippen LogP contribution in [0.25, 0.3) is 0 Å². The quantitative estimate of drug-likeness (QED) is 0.373. The Balaban J connectivity index is -0.000000000500. The predicted octanol–water partition coefficient (Wildman–Crippen LogP) is -3.44. The minimum absolute atomic E-state index is 0. The van der Waals surface area contributed by atoms with Crippen molar-refractivity contribution in [3.05, 3.63) is 0 Å². The average molecular weight is 221 g/mol. The van der Waals surface area contributed by atoms with Crippen molar-refractivity contribution in [3.8, 4) is 0 Å². The van der Waals surface area contributed by atoms with Crippen LogP contribution in [0.2, 0.25) is 0 Å². The van der Waals surface area contributed by atoms with Gasteiger partial charge in [-0.1, -0.05) is 0 Å². The first-order valence-electron chi connectivity index (χ1n) is 0.154. The maximum absolute atomic E-state index is 4.65. The normalized spacial score (nSPS) is 0.714. The Morgan fingerprint density at radius 1 is 0.571 bits per heavy atom. The van der Waals surface area contributed by atoms with Crippen LogP contribution in [0.3, 0.4) is 0 Å². The Hall–Kier alpha value is 0.778. The van der Waals surface area contributed by atoms with E-state index in [1.54, 1.807) is 0 Å². The topological polar surface area (TPSA) is 158 Å². The van der Waals surface area contributed by atoms with Gasteiger partial charge in [0.2, 0.25) is 0 Å². The Morgan fingerprint density at radius 2 is 0.571 bits per heavy atom. The van der Waals surface area contributed by atoms with Crippen molar-refractivity contribution in [1.82, 2.24) is 0 Å². The van der Waals surface area contributed by atoms with E-state index in [4.69, 9.17) is 0 Å². The fourth-order valence-electron chi connectivity index (χ4n) is 0. The van der Waals surface area contributed by atoms with E-state index >= 15 is 0 Å². The summed E-state index contributed by atoms with van der Waals surface area (Å²) in [4.78, 5) is 0. The molecule has 0 aliphatic heterocycles. The van der Waals surface area contributed by atoms with Gasteiger partial charge in [0.1, 0.15) is 0 Å². The third-order valence-corrected chi connectivity index (χ3v) is 0. The molecule has 0 aromatic rings. The van der Waals surface area contributed by atoms with Crippen LogP contribution in [0.5, 0.6) is 0 Å². The molecule has 0 spiro atoms. The van der Waals surface area contributed by atoms with Crippen LogP contribution in [0.4, 0.5) is 0 Å². The molecule has 53 valence electrons. The van der Waals surface area contributed by atoms with Crippen molar-refractivity contribution in [2.45, 2.75) is 0 Å². The molecule has 0 aliphatic carbocycles. The summed E-state index contributed by atoms with van der Waals surface area (Å²) in [7, 11) is 4.65. The third-order valence-electron chi connectivity index (χ3n) is 0. The van der Waals surface area contributed by atoms with Crippen molar-refractivity contribution in [2.24, 2.45) is 0 Å². The molecule has 5 nitrogen and oxygen atoms in total. The molecule has 0 saturated carbocycles. The zero-order valence-electron chi connectivity index (χ0n) is 3.29. The van der Waals surface area contributed by atoms with Gasteiger partial charge < -0.3 is 27.4 Å². The van der Waals surface area contributed by atoms with E-state index in [1.165, 1.54) is 18.8 Å². The van der Waals surface area contributed by atoms with Crippen LogP contribution < -0.4 is 0 Å². The zero-order valence-corrected chi connectivity index (χ0v) is 6.05. The fourth-order valence-corrected chi connectivity index (χ4v) is 0. The Morgan fingerprint density at radius 3 is 0.571 bits per heavy atom. The molecule has 0 atom stereocenters. The molecule has 0 radical (unpaired) electrons. The van der Waals surface area contributed by atoms with Crippen molar-refractivity contribution < 1.29 is 46.2 Å². The molecular formula is H10ClMoO5. The standard InChI is InChI=1S/ClH.Mo.5H2O/h1H;;5*1H2/q;+1;;;;;/p-1. The van der Waals surface area contributed by atoms with E-state index in [1.807, 2.05) is 0 Å². The second-order valence-electron chi connectivity index (χ2n) is 0. The second-order valence-corrected chi connectivity index (χ2v) is 0. The monoisotopic (exact) mass is 223 g/mol. The zero-order chi connectivity index (χ0) is 2.00. The van der Waals surface area contributed by atoms with Gasteiger partial charge in [0.25, 0.3) is 0 Å². The molecule has 0 fully saturated rings. The van der Waals surface area contributed by atoms with Crippen LogP contribution in [0.1, 0.15) is 0 Å². The SMILES string of the molecule is O.O.O.O.O.[Cl][Mo]. The van der Waals surface area contributed by atoms with E-state index in [2.05, 4.69) is 9.42 Å². The van der Waals surface area contributed by atoms with Gasteiger partial charge >= 0.3 is 28.2 Å². The summed E-state index contributed by atoms with van der Waals surface area (Å²) >= 11 is 1.42. The molecule has 0 unspecified atom stereocenters. The first-order valence-corrected chi connectivity index (χ1v) is 2.74. The van der Waals surface area contributed by atoms with Gasteiger partial charge in [0.05, 0.1) is 0 Å². The van der Waals surface area contributed by atoms with Gasteiger partial charge in [0, 0.05) is 0 Å². The molecule has 0 aromatic carbocycles. The van der Waals surface area contributed by atoms with E-state index in [-0.39, 0.29) is 27.4 Å². The van der Waals surface area contributed by atoms with Crippen molar-refractivity contribution >= 4 is 9.42 Å². The van der Waals surface area contributed by atoms with Crippen LogP contribution >= 0.6 is 9.42 Å². The number of hydrogen-bond acceptors (Lipinski definition) is 0. The van der Waals surface area contributed by atoms with Crippen LogP contribution in [-0.4, -0.2) is 27.4 Å². The summed E-state index contributed by atoms with van der Waals surface area (Å²) in [6.07, 6.45) is 0. The molecule has 0 heterocycles. The van der Waals surface area contributed by atoms with Gasteiger partial charge in [-0.3, -0.25) is 0 Å². The summed E-state index contributed by atoms with van der Waals surface area (Å²) in [5.74, 6) is 0. The first kappa shape index (κ1) is 113. The molecule has 0 rings (SSSR count). The summed E-state index contributed by atoms with van der Waals surface area (Å²) < 4.78 is 0. The maximum atomic E-state index is 4.65. The summed E-state index contributed by atoms with van der Waals surface area (Å²) in [6.45, 7) is 0.